The number of carbonyl (C=O) groups excluding carboxylic acids is 2. The standard InChI is InChI=1S/C22H23N3O4/c1-12-19(20(27)25-22(2,11-26)21(23)28)17-8-14(5-6-18(17)29-12)16-7-15(9-24-10-16)13-3-4-13/h5-10,13,26H,3-4,11H2,1-2H3,(H2,23,28)(H,25,27)/t22-/m0/s1. The van der Waals surface area contributed by atoms with E-state index < -0.39 is 24.0 Å². The van der Waals surface area contributed by atoms with Gasteiger partial charge in [0.25, 0.3) is 5.91 Å². The molecule has 1 fully saturated rings. The van der Waals surface area contributed by atoms with Crippen molar-refractivity contribution >= 4 is 22.8 Å². The van der Waals surface area contributed by atoms with E-state index in [-0.39, 0.29) is 0 Å². The maximum atomic E-state index is 12.9. The first-order valence-electron chi connectivity index (χ1n) is 9.54. The molecule has 0 aliphatic heterocycles. The van der Waals surface area contributed by atoms with Crippen molar-refractivity contribution in [1.29, 1.82) is 0 Å². The van der Waals surface area contributed by atoms with Crippen molar-refractivity contribution < 1.29 is 19.1 Å². The zero-order valence-corrected chi connectivity index (χ0v) is 16.4. The van der Waals surface area contributed by atoms with Crippen LogP contribution in [0.5, 0.6) is 0 Å². The second-order valence-electron chi connectivity index (χ2n) is 7.83. The lowest BCUT2D eigenvalue weighted by molar-refractivity contribution is -0.124. The molecule has 1 aromatic carbocycles. The molecule has 0 saturated heterocycles. The molecular weight excluding hydrogens is 370 g/mol. The van der Waals surface area contributed by atoms with Crippen LogP contribution in [0.2, 0.25) is 0 Å². The number of nitrogens with zero attached hydrogens (tertiary/aromatic N) is 1. The number of hydrogen-bond donors (Lipinski definition) is 3. The van der Waals surface area contributed by atoms with Crippen molar-refractivity contribution in [2.24, 2.45) is 5.73 Å². The Hall–Kier alpha value is -3.19. The number of fused-ring (bicyclic) bond motifs is 1. The maximum absolute atomic E-state index is 12.9. The predicted octanol–water partition coefficient (Wildman–Crippen LogP) is 2.65. The molecule has 29 heavy (non-hydrogen) atoms. The number of nitrogens with one attached hydrogen (secondary N) is 1. The van der Waals surface area contributed by atoms with E-state index in [1.165, 1.54) is 25.3 Å². The van der Waals surface area contributed by atoms with E-state index in [0.717, 1.165) is 11.1 Å². The average molecular weight is 393 g/mol. The molecule has 3 aromatic rings. The molecule has 0 radical (unpaired) electrons. The smallest absolute Gasteiger partial charge is 0.256 e. The average Bonchev–Trinajstić information content (AvgIpc) is 3.49. The first kappa shape index (κ1) is 19.1. The van der Waals surface area contributed by atoms with Gasteiger partial charge in [-0.3, -0.25) is 14.6 Å². The molecule has 4 N–H and O–H groups in total. The third kappa shape index (κ3) is 3.49. The minimum atomic E-state index is -1.56. The van der Waals surface area contributed by atoms with Gasteiger partial charge in [-0.1, -0.05) is 6.07 Å². The Labute approximate surface area is 167 Å². The van der Waals surface area contributed by atoms with Crippen LogP contribution >= 0.6 is 0 Å². The third-order valence-electron chi connectivity index (χ3n) is 5.48. The molecule has 4 rings (SSSR count). The van der Waals surface area contributed by atoms with Crippen LogP contribution in [0.25, 0.3) is 22.1 Å². The van der Waals surface area contributed by atoms with Crippen LogP contribution in [0.1, 0.15) is 47.4 Å². The summed E-state index contributed by atoms with van der Waals surface area (Å²) in [5.41, 5.74) is 7.76. The zero-order valence-electron chi connectivity index (χ0n) is 16.4. The zero-order chi connectivity index (χ0) is 20.8. The Balaban J connectivity index is 1.74. The molecule has 2 amide bonds. The molecule has 2 heterocycles. The highest BCUT2D eigenvalue weighted by atomic mass is 16.3. The fourth-order valence-corrected chi connectivity index (χ4v) is 3.43. The molecule has 1 saturated carbocycles. The molecule has 7 nitrogen and oxygen atoms in total. The predicted molar refractivity (Wildman–Crippen MR) is 108 cm³/mol. The summed E-state index contributed by atoms with van der Waals surface area (Å²) < 4.78 is 5.74. The number of aromatic nitrogens is 1. The van der Waals surface area contributed by atoms with E-state index in [2.05, 4.69) is 16.4 Å². The van der Waals surface area contributed by atoms with Gasteiger partial charge in [-0.15, -0.1) is 0 Å². The number of carbonyl (C=O) groups is 2. The molecule has 1 atom stereocenters. The summed E-state index contributed by atoms with van der Waals surface area (Å²) >= 11 is 0. The third-order valence-corrected chi connectivity index (χ3v) is 5.48. The fraction of sp³-hybridized carbons (Fsp3) is 0.318. The number of hydrogen-bond acceptors (Lipinski definition) is 5. The maximum Gasteiger partial charge on any atom is 0.256 e. The van der Waals surface area contributed by atoms with Crippen LogP contribution in [-0.4, -0.2) is 34.1 Å². The molecule has 1 aliphatic carbocycles. The van der Waals surface area contributed by atoms with Crippen LogP contribution in [0, 0.1) is 6.92 Å². The number of amides is 2. The van der Waals surface area contributed by atoms with Gasteiger partial charge < -0.3 is 20.6 Å². The molecule has 7 heteroatoms. The van der Waals surface area contributed by atoms with Crippen LogP contribution in [0.4, 0.5) is 0 Å². The topological polar surface area (TPSA) is 118 Å². The minimum Gasteiger partial charge on any atom is -0.461 e. The van der Waals surface area contributed by atoms with Gasteiger partial charge >= 0.3 is 0 Å². The Kier molecular flexibility index (Phi) is 4.62. The summed E-state index contributed by atoms with van der Waals surface area (Å²) in [6.45, 7) is 2.46. The lowest BCUT2D eigenvalue weighted by Crippen LogP contribution is -2.57. The number of furan rings is 1. The van der Waals surface area contributed by atoms with Gasteiger partial charge in [0.05, 0.1) is 12.2 Å². The summed E-state index contributed by atoms with van der Waals surface area (Å²) in [6, 6.07) is 7.77. The molecule has 0 unspecified atom stereocenters. The Morgan fingerprint density at radius 2 is 2.03 bits per heavy atom. The number of nitrogens with two attached hydrogens (primary N) is 1. The summed E-state index contributed by atoms with van der Waals surface area (Å²) in [5.74, 6) is -0.334. The van der Waals surface area contributed by atoms with E-state index in [1.54, 1.807) is 13.1 Å². The van der Waals surface area contributed by atoms with Gasteiger partial charge in [0.1, 0.15) is 16.9 Å². The van der Waals surface area contributed by atoms with Crippen molar-refractivity contribution in [3.63, 3.8) is 0 Å². The first-order valence-corrected chi connectivity index (χ1v) is 9.54. The van der Waals surface area contributed by atoms with E-state index in [9.17, 15) is 14.7 Å². The van der Waals surface area contributed by atoms with Crippen molar-refractivity contribution in [3.8, 4) is 11.1 Å². The number of benzene rings is 1. The summed E-state index contributed by atoms with van der Waals surface area (Å²) in [5, 5.41) is 12.7. The van der Waals surface area contributed by atoms with Gasteiger partial charge in [-0.25, -0.2) is 0 Å². The lowest BCUT2D eigenvalue weighted by Gasteiger charge is -2.24. The fourth-order valence-electron chi connectivity index (χ4n) is 3.43. The quantitative estimate of drug-likeness (QED) is 0.595. The molecule has 2 aromatic heterocycles. The SMILES string of the molecule is Cc1oc2ccc(-c3cncc(C4CC4)c3)cc2c1C(=O)N[C@@](C)(CO)C(N)=O. The van der Waals surface area contributed by atoms with Crippen LogP contribution in [0.3, 0.4) is 0 Å². The summed E-state index contributed by atoms with van der Waals surface area (Å²) in [7, 11) is 0. The highest BCUT2D eigenvalue weighted by molar-refractivity contribution is 6.09. The van der Waals surface area contributed by atoms with Crippen molar-refractivity contribution in [1.82, 2.24) is 10.3 Å². The first-order chi connectivity index (χ1) is 13.8. The van der Waals surface area contributed by atoms with E-state index in [4.69, 9.17) is 10.2 Å². The second-order valence-corrected chi connectivity index (χ2v) is 7.83. The Morgan fingerprint density at radius 3 is 2.69 bits per heavy atom. The highest BCUT2D eigenvalue weighted by Gasteiger charge is 2.34. The highest BCUT2D eigenvalue weighted by Crippen LogP contribution is 2.41. The van der Waals surface area contributed by atoms with E-state index >= 15 is 0 Å². The Bertz CT molecular complexity index is 1120. The number of pyridine rings is 1. The Morgan fingerprint density at radius 1 is 1.28 bits per heavy atom. The molecule has 0 spiro atoms. The van der Waals surface area contributed by atoms with E-state index in [0.29, 0.717) is 28.2 Å². The van der Waals surface area contributed by atoms with Crippen molar-refractivity contribution in [2.45, 2.75) is 38.1 Å². The number of rotatable bonds is 6. The second kappa shape index (κ2) is 7.00. The molecule has 150 valence electrons. The number of aliphatic hydroxyl groups excluding tert-OH is 1. The molecule has 0 bridgehead atoms. The minimum absolute atomic E-state index is 0.314. The van der Waals surface area contributed by atoms with Gasteiger partial charge in [-0.05, 0) is 61.9 Å². The van der Waals surface area contributed by atoms with Crippen LogP contribution in [-0.2, 0) is 4.79 Å². The van der Waals surface area contributed by atoms with Gasteiger partial charge in [-0.2, -0.15) is 0 Å². The largest absolute Gasteiger partial charge is 0.461 e. The van der Waals surface area contributed by atoms with Crippen LogP contribution < -0.4 is 11.1 Å². The molecular formula is C22H23N3O4. The van der Waals surface area contributed by atoms with Gasteiger partial charge in [0.15, 0.2) is 0 Å². The summed E-state index contributed by atoms with van der Waals surface area (Å²) in [4.78, 5) is 28.9. The van der Waals surface area contributed by atoms with Gasteiger partial charge in [0.2, 0.25) is 5.91 Å². The monoisotopic (exact) mass is 393 g/mol. The molecule has 1 aliphatic rings. The normalized spacial score (nSPS) is 15.8. The van der Waals surface area contributed by atoms with Crippen molar-refractivity contribution in [2.75, 3.05) is 6.61 Å². The summed E-state index contributed by atoms with van der Waals surface area (Å²) in [6.07, 6.45) is 6.09. The number of aryl methyl sites for hydroxylation is 1. The lowest BCUT2D eigenvalue weighted by atomic mass is 9.99. The van der Waals surface area contributed by atoms with Gasteiger partial charge in [0, 0.05) is 23.3 Å². The number of aliphatic hydroxyl groups is 1. The van der Waals surface area contributed by atoms with E-state index in [1.807, 2.05) is 24.4 Å². The van der Waals surface area contributed by atoms with Crippen molar-refractivity contribution in [3.05, 3.63) is 53.5 Å². The van der Waals surface area contributed by atoms with Crippen LogP contribution in [0.15, 0.2) is 41.1 Å². The number of primary amides is 1.